The van der Waals surface area contributed by atoms with Crippen molar-refractivity contribution in [1.29, 1.82) is 0 Å². The molecule has 0 aliphatic heterocycles. The van der Waals surface area contributed by atoms with Crippen LogP contribution in [0.5, 0.6) is 5.75 Å². The summed E-state index contributed by atoms with van der Waals surface area (Å²) in [5.41, 5.74) is 8.08. The van der Waals surface area contributed by atoms with Gasteiger partial charge in [0.1, 0.15) is 23.6 Å². The van der Waals surface area contributed by atoms with Gasteiger partial charge in [0.05, 0.1) is 18.5 Å². The van der Waals surface area contributed by atoms with Crippen molar-refractivity contribution in [2.24, 2.45) is 0 Å². The summed E-state index contributed by atoms with van der Waals surface area (Å²) < 4.78 is 7.13. The molecule has 0 saturated carbocycles. The first kappa shape index (κ1) is 14.3. The van der Waals surface area contributed by atoms with Gasteiger partial charge in [-0.3, -0.25) is 0 Å². The zero-order chi connectivity index (χ0) is 15.5. The maximum Gasteiger partial charge on any atom is 0.164 e. The number of aromatic hydroxyl groups is 1. The number of benzene rings is 1. The summed E-state index contributed by atoms with van der Waals surface area (Å²) in [6, 6.07) is 6.87. The van der Waals surface area contributed by atoms with E-state index in [0.29, 0.717) is 42.3 Å². The van der Waals surface area contributed by atoms with Gasteiger partial charge >= 0.3 is 0 Å². The van der Waals surface area contributed by atoms with Gasteiger partial charge in [-0.05, 0) is 19.1 Å². The molecule has 0 saturated heterocycles. The van der Waals surface area contributed by atoms with Crippen LogP contribution in [0.25, 0.3) is 22.3 Å². The number of anilines is 1. The number of hydrogen-bond acceptors (Lipinski definition) is 6. The molecule has 114 valence electrons. The minimum Gasteiger partial charge on any atom is -0.508 e. The zero-order valence-electron chi connectivity index (χ0n) is 12.2. The summed E-state index contributed by atoms with van der Waals surface area (Å²) in [6.45, 7) is 3.70. The summed E-state index contributed by atoms with van der Waals surface area (Å²) in [5.74, 6) is 0.538. The van der Waals surface area contributed by atoms with Gasteiger partial charge in [0.15, 0.2) is 5.65 Å². The standard InChI is InChI=1S/C15H17N5O2/c1-2-22-7-6-20-15-12(14(16)17-9-18-15)13(19-20)10-4-3-5-11(21)8-10/h3-5,8-9,21H,2,6-7H2,1H3,(H2,16,17,18). The molecule has 0 aliphatic rings. The van der Waals surface area contributed by atoms with Gasteiger partial charge in [0.25, 0.3) is 0 Å². The van der Waals surface area contributed by atoms with E-state index in [9.17, 15) is 5.11 Å². The molecule has 22 heavy (non-hydrogen) atoms. The van der Waals surface area contributed by atoms with E-state index in [-0.39, 0.29) is 5.75 Å². The Morgan fingerprint density at radius 3 is 2.95 bits per heavy atom. The molecule has 2 heterocycles. The topological polar surface area (TPSA) is 99.1 Å². The van der Waals surface area contributed by atoms with Crippen molar-refractivity contribution >= 4 is 16.9 Å². The Labute approximate surface area is 127 Å². The summed E-state index contributed by atoms with van der Waals surface area (Å²) in [7, 11) is 0. The number of rotatable bonds is 5. The lowest BCUT2D eigenvalue weighted by Crippen LogP contribution is -2.08. The second-order valence-corrected chi connectivity index (χ2v) is 4.78. The van der Waals surface area contributed by atoms with Crippen molar-refractivity contribution in [1.82, 2.24) is 19.7 Å². The molecule has 0 atom stereocenters. The van der Waals surface area contributed by atoms with Gasteiger partial charge in [0.2, 0.25) is 0 Å². The van der Waals surface area contributed by atoms with Crippen molar-refractivity contribution in [2.45, 2.75) is 13.5 Å². The highest BCUT2D eigenvalue weighted by Crippen LogP contribution is 2.31. The van der Waals surface area contributed by atoms with Crippen molar-refractivity contribution in [2.75, 3.05) is 18.9 Å². The third-order valence-electron chi connectivity index (χ3n) is 3.33. The van der Waals surface area contributed by atoms with Crippen LogP contribution in [0, 0.1) is 0 Å². The molecule has 3 N–H and O–H groups in total. The van der Waals surface area contributed by atoms with Gasteiger partial charge in [-0.1, -0.05) is 12.1 Å². The Bertz CT molecular complexity index is 800. The van der Waals surface area contributed by atoms with Crippen molar-refractivity contribution in [3.05, 3.63) is 30.6 Å². The van der Waals surface area contributed by atoms with Crippen LogP contribution in [0.2, 0.25) is 0 Å². The van der Waals surface area contributed by atoms with Crippen LogP contribution in [0.4, 0.5) is 5.82 Å². The van der Waals surface area contributed by atoms with Crippen LogP contribution in [-0.2, 0) is 11.3 Å². The van der Waals surface area contributed by atoms with Crippen LogP contribution < -0.4 is 5.73 Å². The van der Waals surface area contributed by atoms with E-state index < -0.39 is 0 Å². The van der Waals surface area contributed by atoms with Gasteiger partial charge in [-0.25, -0.2) is 14.6 Å². The molecule has 0 amide bonds. The smallest absolute Gasteiger partial charge is 0.164 e. The third kappa shape index (κ3) is 2.58. The van der Waals surface area contributed by atoms with E-state index in [1.54, 1.807) is 22.9 Å². The van der Waals surface area contributed by atoms with Crippen LogP contribution in [0.15, 0.2) is 30.6 Å². The SMILES string of the molecule is CCOCCn1nc(-c2cccc(O)c2)c2c(N)ncnc21. The molecule has 7 heteroatoms. The van der Waals surface area contributed by atoms with Gasteiger partial charge in [-0.2, -0.15) is 5.10 Å². The van der Waals surface area contributed by atoms with Crippen molar-refractivity contribution < 1.29 is 9.84 Å². The Morgan fingerprint density at radius 2 is 2.18 bits per heavy atom. The maximum absolute atomic E-state index is 9.68. The average Bonchev–Trinajstić information content (AvgIpc) is 2.88. The van der Waals surface area contributed by atoms with Crippen LogP contribution in [0.1, 0.15) is 6.92 Å². The van der Waals surface area contributed by atoms with Gasteiger partial charge in [-0.15, -0.1) is 0 Å². The van der Waals surface area contributed by atoms with E-state index in [2.05, 4.69) is 15.1 Å². The number of ether oxygens (including phenoxy) is 1. The molecule has 0 radical (unpaired) electrons. The van der Waals surface area contributed by atoms with E-state index in [0.717, 1.165) is 5.56 Å². The van der Waals surface area contributed by atoms with Crippen LogP contribution >= 0.6 is 0 Å². The molecule has 2 aromatic heterocycles. The van der Waals surface area contributed by atoms with Crippen molar-refractivity contribution in [3.63, 3.8) is 0 Å². The van der Waals surface area contributed by atoms with Gasteiger partial charge < -0.3 is 15.6 Å². The van der Waals surface area contributed by atoms with Crippen LogP contribution in [0.3, 0.4) is 0 Å². The highest BCUT2D eigenvalue weighted by molar-refractivity contribution is 5.98. The second-order valence-electron chi connectivity index (χ2n) is 4.78. The molecule has 3 rings (SSSR count). The van der Waals surface area contributed by atoms with Crippen LogP contribution in [-0.4, -0.2) is 38.1 Å². The zero-order valence-corrected chi connectivity index (χ0v) is 12.2. The number of aromatic nitrogens is 4. The number of nitrogens with zero attached hydrogens (tertiary/aromatic N) is 4. The normalized spacial score (nSPS) is 11.1. The largest absolute Gasteiger partial charge is 0.508 e. The lowest BCUT2D eigenvalue weighted by Gasteiger charge is -2.02. The number of phenols is 1. The summed E-state index contributed by atoms with van der Waals surface area (Å²) >= 11 is 0. The molecule has 0 aliphatic carbocycles. The second kappa shape index (κ2) is 5.98. The summed E-state index contributed by atoms with van der Waals surface area (Å²) in [6.07, 6.45) is 1.42. The minimum absolute atomic E-state index is 0.171. The fourth-order valence-corrected chi connectivity index (χ4v) is 2.34. The van der Waals surface area contributed by atoms with E-state index in [4.69, 9.17) is 10.5 Å². The fraction of sp³-hybridized carbons (Fsp3) is 0.267. The Balaban J connectivity index is 2.13. The van der Waals surface area contributed by atoms with Gasteiger partial charge in [0, 0.05) is 12.2 Å². The number of phenolic OH excluding ortho intramolecular Hbond substituents is 1. The Morgan fingerprint density at radius 1 is 1.32 bits per heavy atom. The molecule has 7 nitrogen and oxygen atoms in total. The lowest BCUT2D eigenvalue weighted by atomic mass is 10.1. The van der Waals surface area contributed by atoms with E-state index in [1.807, 2.05) is 13.0 Å². The molecule has 0 bridgehead atoms. The molecule has 0 fully saturated rings. The van der Waals surface area contributed by atoms with E-state index >= 15 is 0 Å². The van der Waals surface area contributed by atoms with Crippen molar-refractivity contribution in [3.8, 4) is 17.0 Å². The maximum atomic E-state index is 9.68. The number of hydrogen-bond donors (Lipinski definition) is 2. The number of fused-ring (bicyclic) bond motifs is 1. The Hall–Kier alpha value is -2.67. The molecular formula is C15H17N5O2. The summed E-state index contributed by atoms with van der Waals surface area (Å²) in [5, 5.41) is 14.9. The van der Waals surface area contributed by atoms with E-state index in [1.165, 1.54) is 6.33 Å². The number of nitrogens with two attached hydrogens (primary N) is 1. The Kier molecular flexibility index (Phi) is 3.88. The first-order valence-electron chi connectivity index (χ1n) is 7.05. The quantitative estimate of drug-likeness (QED) is 0.697. The molecular weight excluding hydrogens is 282 g/mol. The highest BCUT2D eigenvalue weighted by Gasteiger charge is 2.17. The first-order chi connectivity index (χ1) is 10.7. The monoisotopic (exact) mass is 299 g/mol. The minimum atomic E-state index is 0.171. The summed E-state index contributed by atoms with van der Waals surface area (Å²) in [4.78, 5) is 8.33. The molecule has 3 aromatic rings. The molecule has 1 aromatic carbocycles. The first-order valence-corrected chi connectivity index (χ1v) is 7.05. The highest BCUT2D eigenvalue weighted by atomic mass is 16.5. The molecule has 0 unspecified atom stereocenters. The lowest BCUT2D eigenvalue weighted by molar-refractivity contribution is 0.137. The average molecular weight is 299 g/mol. The predicted molar refractivity (Wildman–Crippen MR) is 83.3 cm³/mol. The molecule has 0 spiro atoms. The third-order valence-corrected chi connectivity index (χ3v) is 3.33. The number of nitrogen functional groups attached to an aromatic ring is 1. The predicted octanol–water partition coefficient (Wildman–Crippen LogP) is 1.82. The fourth-order valence-electron chi connectivity index (χ4n) is 2.34.